The van der Waals surface area contributed by atoms with Crippen molar-refractivity contribution >= 4 is 28.9 Å². The maximum absolute atomic E-state index is 12.9. The molecular weight excluding hydrogens is 472 g/mol. The van der Waals surface area contributed by atoms with E-state index in [-0.39, 0.29) is 24.2 Å². The third-order valence-corrected chi connectivity index (χ3v) is 6.89. The van der Waals surface area contributed by atoms with Gasteiger partial charge < -0.3 is 14.4 Å². The largest absolute Gasteiger partial charge is 0.491 e. The lowest BCUT2D eigenvalue weighted by molar-refractivity contribution is -0.113. The molecule has 0 bridgehead atoms. The van der Waals surface area contributed by atoms with Crippen LogP contribution in [0.5, 0.6) is 5.75 Å². The lowest BCUT2D eigenvalue weighted by Crippen LogP contribution is -2.47. The monoisotopic (exact) mass is 502 g/mol. The molecule has 3 heterocycles. The Balaban J connectivity index is 1.47. The maximum Gasteiger partial charge on any atom is 0.286 e. The number of ether oxygens (including phenoxy) is 2. The predicted molar refractivity (Wildman–Crippen MR) is 144 cm³/mol. The summed E-state index contributed by atoms with van der Waals surface area (Å²) in [6, 6.07) is 17.8. The van der Waals surface area contributed by atoms with Crippen molar-refractivity contribution in [2.24, 2.45) is 4.99 Å². The van der Waals surface area contributed by atoms with E-state index in [9.17, 15) is 4.79 Å². The number of nitrogens with zero attached hydrogens (tertiary/aromatic N) is 4. The number of amides is 1. The zero-order valence-electron chi connectivity index (χ0n) is 20.9. The number of carbonyl (C=O) groups excluding carboxylic acids is 1. The molecule has 2 atom stereocenters. The highest BCUT2D eigenvalue weighted by molar-refractivity contribution is 8.18. The van der Waals surface area contributed by atoms with Crippen LogP contribution in [0.25, 0.3) is 23.0 Å². The van der Waals surface area contributed by atoms with Crippen LogP contribution in [0.15, 0.2) is 70.7 Å². The van der Waals surface area contributed by atoms with Gasteiger partial charge in [-0.25, -0.2) is 4.68 Å². The smallest absolute Gasteiger partial charge is 0.286 e. The molecule has 2 aromatic carbocycles. The second kappa shape index (κ2) is 10.3. The molecule has 0 aliphatic carbocycles. The molecule has 1 fully saturated rings. The van der Waals surface area contributed by atoms with E-state index >= 15 is 0 Å². The van der Waals surface area contributed by atoms with Gasteiger partial charge in [-0.3, -0.25) is 4.79 Å². The Morgan fingerprint density at radius 3 is 2.42 bits per heavy atom. The topological polar surface area (TPSA) is 68.9 Å². The van der Waals surface area contributed by atoms with Crippen LogP contribution in [0.1, 0.15) is 33.3 Å². The fourth-order valence-electron chi connectivity index (χ4n) is 4.40. The van der Waals surface area contributed by atoms with E-state index in [0.717, 1.165) is 46.5 Å². The van der Waals surface area contributed by atoms with Crippen molar-refractivity contribution in [1.29, 1.82) is 0 Å². The summed E-state index contributed by atoms with van der Waals surface area (Å²) in [5.74, 6) is 0.588. The van der Waals surface area contributed by atoms with E-state index in [1.165, 1.54) is 11.8 Å². The number of amidine groups is 1. The highest BCUT2D eigenvalue weighted by atomic mass is 32.2. The minimum absolute atomic E-state index is 0.0959. The molecule has 186 valence electrons. The molecule has 36 heavy (non-hydrogen) atoms. The van der Waals surface area contributed by atoms with E-state index in [2.05, 4.69) is 9.89 Å². The Bertz CT molecular complexity index is 1290. The predicted octanol–water partition coefficient (Wildman–Crippen LogP) is 5.41. The highest BCUT2D eigenvalue weighted by Crippen LogP contribution is 2.34. The second-order valence-electron chi connectivity index (χ2n) is 9.38. The summed E-state index contributed by atoms with van der Waals surface area (Å²) in [5.41, 5.74) is 3.53. The summed E-state index contributed by atoms with van der Waals surface area (Å²) in [5, 5.41) is 5.62. The zero-order valence-corrected chi connectivity index (χ0v) is 21.7. The third-order valence-electron chi connectivity index (χ3n) is 5.85. The Morgan fingerprint density at radius 1 is 1.06 bits per heavy atom. The Hall–Kier alpha value is -3.36. The average Bonchev–Trinajstić information content (AvgIpc) is 3.43. The van der Waals surface area contributed by atoms with E-state index < -0.39 is 0 Å². The molecule has 0 spiro atoms. The van der Waals surface area contributed by atoms with E-state index in [0.29, 0.717) is 4.91 Å². The first-order valence-corrected chi connectivity index (χ1v) is 13.0. The quantitative estimate of drug-likeness (QED) is 0.435. The van der Waals surface area contributed by atoms with Crippen LogP contribution in [0.3, 0.4) is 0 Å². The maximum atomic E-state index is 12.9. The van der Waals surface area contributed by atoms with Crippen LogP contribution in [-0.4, -0.2) is 57.2 Å². The van der Waals surface area contributed by atoms with Crippen LogP contribution in [-0.2, 0) is 9.53 Å². The number of rotatable bonds is 5. The molecule has 1 amide bonds. The first kappa shape index (κ1) is 24.3. The number of aromatic nitrogens is 2. The number of benzene rings is 2. The van der Waals surface area contributed by atoms with Gasteiger partial charge in [0, 0.05) is 30.4 Å². The van der Waals surface area contributed by atoms with Gasteiger partial charge in [-0.15, -0.1) is 0 Å². The van der Waals surface area contributed by atoms with Crippen molar-refractivity contribution in [2.45, 2.75) is 46.0 Å². The van der Waals surface area contributed by atoms with Gasteiger partial charge in [0.25, 0.3) is 5.91 Å². The van der Waals surface area contributed by atoms with Crippen molar-refractivity contribution in [2.75, 3.05) is 13.1 Å². The van der Waals surface area contributed by atoms with E-state index in [4.69, 9.17) is 14.6 Å². The molecule has 0 radical (unpaired) electrons. The summed E-state index contributed by atoms with van der Waals surface area (Å²) in [7, 11) is 0. The Morgan fingerprint density at radius 2 is 1.75 bits per heavy atom. The van der Waals surface area contributed by atoms with Crippen molar-refractivity contribution in [1.82, 2.24) is 14.7 Å². The number of hydrogen-bond acceptors (Lipinski definition) is 6. The summed E-state index contributed by atoms with van der Waals surface area (Å²) in [6.07, 6.45) is 4.15. The molecule has 8 heteroatoms. The van der Waals surface area contributed by atoms with Crippen molar-refractivity contribution < 1.29 is 14.3 Å². The molecule has 2 aliphatic rings. The average molecular weight is 503 g/mol. The van der Waals surface area contributed by atoms with Crippen LogP contribution >= 0.6 is 11.8 Å². The molecule has 7 nitrogen and oxygen atoms in total. The van der Waals surface area contributed by atoms with Crippen LogP contribution in [0.4, 0.5) is 0 Å². The number of aliphatic imine (C=N–C) groups is 1. The fraction of sp³-hybridized carbons (Fsp3) is 0.321. The zero-order chi connectivity index (χ0) is 25.2. The molecular formula is C28H30N4O3S. The van der Waals surface area contributed by atoms with Gasteiger partial charge in [0.15, 0.2) is 5.17 Å². The molecule has 0 N–H and O–H groups in total. The normalized spacial score (nSPS) is 21.4. The number of hydrogen-bond donors (Lipinski definition) is 0. The fourth-order valence-corrected chi connectivity index (χ4v) is 5.32. The van der Waals surface area contributed by atoms with Crippen molar-refractivity contribution in [3.8, 4) is 22.7 Å². The van der Waals surface area contributed by atoms with Crippen LogP contribution in [0, 0.1) is 0 Å². The SMILES string of the molecule is CC(C)Oc1ccc(-c2nn(-c3ccccc3)cc2/C=C2/SC(N3C[C@@H](C)O[C@H](C)C3)=NC2=O)cc1. The lowest BCUT2D eigenvalue weighted by atomic mass is 10.1. The van der Waals surface area contributed by atoms with Crippen LogP contribution < -0.4 is 4.74 Å². The van der Waals surface area contributed by atoms with Gasteiger partial charge in [0.2, 0.25) is 0 Å². The summed E-state index contributed by atoms with van der Waals surface area (Å²) in [6.45, 7) is 9.54. The van der Waals surface area contributed by atoms with E-state index in [1.807, 2.05) is 99.2 Å². The third kappa shape index (κ3) is 5.39. The standard InChI is InChI=1S/C28H30N4O3S/c1-18(2)34-24-12-10-21(11-13-24)26-22(17-32(30-26)23-8-6-5-7-9-23)14-25-27(33)29-28(36-25)31-15-19(3)35-20(4)16-31/h5-14,17-20H,15-16H2,1-4H3/b25-14+/t19-,20-/m1/s1. The Kier molecular flexibility index (Phi) is 6.98. The van der Waals surface area contributed by atoms with Crippen LogP contribution in [0.2, 0.25) is 0 Å². The molecule has 0 unspecified atom stereocenters. The minimum Gasteiger partial charge on any atom is -0.491 e. The first-order valence-electron chi connectivity index (χ1n) is 12.2. The number of thioether (sulfide) groups is 1. The second-order valence-corrected chi connectivity index (χ2v) is 10.4. The van der Waals surface area contributed by atoms with Gasteiger partial charge in [0.05, 0.1) is 34.6 Å². The first-order chi connectivity index (χ1) is 17.4. The minimum atomic E-state index is -0.221. The van der Waals surface area contributed by atoms with Gasteiger partial charge in [-0.1, -0.05) is 18.2 Å². The Labute approximate surface area is 215 Å². The number of carbonyl (C=O) groups is 1. The number of para-hydroxylation sites is 1. The van der Waals surface area contributed by atoms with Crippen molar-refractivity contribution in [3.05, 3.63) is 71.3 Å². The molecule has 1 aromatic heterocycles. The molecule has 1 saturated heterocycles. The van der Waals surface area contributed by atoms with Crippen molar-refractivity contribution in [3.63, 3.8) is 0 Å². The van der Waals surface area contributed by atoms with Gasteiger partial charge in [-0.05, 0) is 81.9 Å². The number of morpholine rings is 1. The molecule has 2 aliphatic heterocycles. The summed E-state index contributed by atoms with van der Waals surface area (Å²) < 4.78 is 13.5. The highest BCUT2D eigenvalue weighted by Gasteiger charge is 2.31. The summed E-state index contributed by atoms with van der Waals surface area (Å²) >= 11 is 1.42. The van der Waals surface area contributed by atoms with E-state index in [1.54, 1.807) is 0 Å². The lowest BCUT2D eigenvalue weighted by Gasteiger charge is -2.35. The molecule has 0 saturated carbocycles. The molecule has 3 aromatic rings. The van der Waals surface area contributed by atoms with Gasteiger partial charge in [-0.2, -0.15) is 10.1 Å². The van der Waals surface area contributed by atoms with Gasteiger partial charge in [0.1, 0.15) is 5.75 Å². The van der Waals surface area contributed by atoms with Gasteiger partial charge >= 0.3 is 0 Å². The molecule has 5 rings (SSSR count). The summed E-state index contributed by atoms with van der Waals surface area (Å²) in [4.78, 5) is 20.0.